The number of amides is 1. The predicted octanol–water partition coefficient (Wildman–Crippen LogP) is 3.24. The van der Waals surface area contributed by atoms with Gasteiger partial charge in [-0.05, 0) is 42.3 Å². The SMILES string of the molecule is CC1CN(C(=O)c2ccc(-c3ccc4c(c3)ncn4C)cc2F)CCN1.Cl. The molecule has 142 valence electrons. The Morgan fingerprint density at radius 2 is 1.96 bits per heavy atom. The average molecular weight is 389 g/mol. The fraction of sp³-hybridized carbons (Fsp3) is 0.300. The first-order valence-corrected chi connectivity index (χ1v) is 8.76. The maximum atomic E-state index is 14.7. The minimum absolute atomic E-state index is 0. The summed E-state index contributed by atoms with van der Waals surface area (Å²) in [5.74, 6) is -0.734. The quantitative estimate of drug-likeness (QED) is 0.733. The average Bonchev–Trinajstić information content (AvgIpc) is 3.01. The molecule has 0 saturated carbocycles. The van der Waals surface area contributed by atoms with E-state index in [1.165, 1.54) is 6.07 Å². The van der Waals surface area contributed by atoms with Crippen LogP contribution in [0.2, 0.25) is 0 Å². The smallest absolute Gasteiger partial charge is 0.256 e. The van der Waals surface area contributed by atoms with E-state index in [-0.39, 0.29) is 29.9 Å². The molecule has 1 atom stereocenters. The number of aryl methyl sites for hydroxylation is 1. The van der Waals surface area contributed by atoms with Gasteiger partial charge >= 0.3 is 0 Å². The van der Waals surface area contributed by atoms with Crippen LogP contribution in [0.3, 0.4) is 0 Å². The Hall–Kier alpha value is -2.44. The van der Waals surface area contributed by atoms with Gasteiger partial charge < -0.3 is 14.8 Å². The Kier molecular flexibility index (Phi) is 5.48. The van der Waals surface area contributed by atoms with E-state index < -0.39 is 5.82 Å². The van der Waals surface area contributed by atoms with Crippen LogP contribution in [0.15, 0.2) is 42.7 Å². The molecule has 0 bridgehead atoms. The highest BCUT2D eigenvalue weighted by molar-refractivity contribution is 5.95. The van der Waals surface area contributed by atoms with Gasteiger partial charge in [-0.1, -0.05) is 12.1 Å². The lowest BCUT2D eigenvalue weighted by Crippen LogP contribution is -2.51. The molecule has 4 rings (SSSR count). The summed E-state index contributed by atoms with van der Waals surface area (Å²) in [5, 5.41) is 3.28. The molecule has 1 aliphatic rings. The van der Waals surface area contributed by atoms with Crippen LogP contribution in [-0.4, -0.2) is 46.0 Å². The number of nitrogens with zero attached hydrogens (tertiary/aromatic N) is 3. The Labute approximate surface area is 163 Å². The minimum atomic E-state index is -0.486. The molecule has 1 aliphatic heterocycles. The van der Waals surface area contributed by atoms with E-state index in [1.54, 1.807) is 23.4 Å². The zero-order valence-electron chi connectivity index (χ0n) is 15.3. The second kappa shape index (κ2) is 7.66. The van der Waals surface area contributed by atoms with Crippen LogP contribution in [0.5, 0.6) is 0 Å². The van der Waals surface area contributed by atoms with Crippen molar-refractivity contribution in [2.24, 2.45) is 7.05 Å². The Bertz CT molecular complexity index is 987. The minimum Gasteiger partial charge on any atom is -0.336 e. The highest BCUT2D eigenvalue weighted by atomic mass is 35.5. The number of aromatic nitrogens is 2. The van der Waals surface area contributed by atoms with E-state index in [9.17, 15) is 9.18 Å². The lowest BCUT2D eigenvalue weighted by molar-refractivity contribution is 0.0704. The Morgan fingerprint density at radius 1 is 1.22 bits per heavy atom. The van der Waals surface area contributed by atoms with Crippen LogP contribution in [-0.2, 0) is 7.05 Å². The molecule has 5 nitrogen and oxygen atoms in total. The molecule has 0 aliphatic carbocycles. The van der Waals surface area contributed by atoms with E-state index in [2.05, 4.69) is 10.3 Å². The fourth-order valence-electron chi connectivity index (χ4n) is 3.47. The zero-order chi connectivity index (χ0) is 18.3. The first-order valence-electron chi connectivity index (χ1n) is 8.76. The number of piperazine rings is 1. The number of hydrogen-bond acceptors (Lipinski definition) is 3. The Morgan fingerprint density at radius 3 is 2.70 bits per heavy atom. The largest absolute Gasteiger partial charge is 0.336 e. The first-order chi connectivity index (χ1) is 12.5. The summed E-state index contributed by atoms with van der Waals surface area (Å²) in [6, 6.07) is 10.9. The first kappa shape index (κ1) is 19.3. The summed E-state index contributed by atoms with van der Waals surface area (Å²) in [7, 11) is 1.94. The molecule has 2 heterocycles. The number of carbonyl (C=O) groups excluding carboxylic acids is 1. The molecule has 1 saturated heterocycles. The van der Waals surface area contributed by atoms with Gasteiger partial charge in [0, 0.05) is 32.7 Å². The molecular weight excluding hydrogens is 367 g/mol. The molecule has 27 heavy (non-hydrogen) atoms. The molecule has 7 heteroatoms. The summed E-state index contributed by atoms with van der Waals surface area (Å²) >= 11 is 0. The van der Waals surface area contributed by atoms with Crippen LogP contribution in [0.1, 0.15) is 17.3 Å². The number of halogens is 2. The normalized spacial score (nSPS) is 17.0. The zero-order valence-corrected chi connectivity index (χ0v) is 16.1. The van der Waals surface area contributed by atoms with Gasteiger partial charge in [0.1, 0.15) is 5.82 Å². The van der Waals surface area contributed by atoms with E-state index in [4.69, 9.17) is 0 Å². The van der Waals surface area contributed by atoms with Crippen molar-refractivity contribution >= 4 is 29.3 Å². The molecule has 1 N–H and O–H groups in total. The van der Waals surface area contributed by atoms with Gasteiger partial charge in [-0.2, -0.15) is 0 Å². The van der Waals surface area contributed by atoms with Crippen molar-refractivity contribution < 1.29 is 9.18 Å². The van der Waals surface area contributed by atoms with Crippen molar-refractivity contribution in [1.29, 1.82) is 0 Å². The van der Waals surface area contributed by atoms with Crippen LogP contribution in [0.4, 0.5) is 4.39 Å². The van der Waals surface area contributed by atoms with Crippen molar-refractivity contribution in [3.8, 4) is 11.1 Å². The number of rotatable bonds is 2. The Balaban J connectivity index is 0.00000210. The summed E-state index contributed by atoms with van der Waals surface area (Å²) < 4.78 is 16.6. The van der Waals surface area contributed by atoms with Gasteiger partial charge in [-0.25, -0.2) is 9.37 Å². The van der Waals surface area contributed by atoms with Crippen molar-refractivity contribution in [3.05, 3.63) is 54.1 Å². The van der Waals surface area contributed by atoms with E-state index in [1.807, 2.05) is 36.7 Å². The van der Waals surface area contributed by atoms with Gasteiger partial charge in [-0.15, -0.1) is 12.4 Å². The third-order valence-electron chi connectivity index (χ3n) is 4.91. The lowest BCUT2D eigenvalue weighted by Gasteiger charge is -2.32. The summed E-state index contributed by atoms with van der Waals surface area (Å²) in [6.07, 6.45) is 1.76. The summed E-state index contributed by atoms with van der Waals surface area (Å²) in [6.45, 7) is 3.94. The predicted molar refractivity (Wildman–Crippen MR) is 107 cm³/mol. The second-order valence-electron chi connectivity index (χ2n) is 6.86. The molecule has 3 aromatic rings. The molecule has 0 spiro atoms. The number of fused-ring (bicyclic) bond motifs is 1. The van der Waals surface area contributed by atoms with Crippen LogP contribution < -0.4 is 5.32 Å². The monoisotopic (exact) mass is 388 g/mol. The summed E-state index contributed by atoms with van der Waals surface area (Å²) in [4.78, 5) is 18.7. The number of nitrogens with one attached hydrogen (secondary N) is 1. The third kappa shape index (κ3) is 3.68. The van der Waals surface area contributed by atoms with Crippen molar-refractivity contribution in [3.63, 3.8) is 0 Å². The third-order valence-corrected chi connectivity index (χ3v) is 4.91. The maximum Gasteiger partial charge on any atom is 0.256 e. The summed E-state index contributed by atoms with van der Waals surface area (Å²) in [5.41, 5.74) is 3.63. The molecule has 1 fully saturated rings. The van der Waals surface area contributed by atoms with Crippen LogP contribution in [0, 0.1) is 5.82 Å². The number of imidazole rings is 1. The molecule has 2 aromatic carbocycles. The van der Waals surface area contributed by atoms with Gasteiger partial charge in [-0.3, -0.25) is 4.79 Å². The van der Waals surface area contributed by atoms with E-state index in [0.717, 1.165) is 28.7 Å². The number of benzene rings is 2. The van der Waals surface area contributed by atoms with Crippen LogP contribution >= 0.6 is 12.4 Å². The van der Waals surface area contributed by atoms with Gasteiger partial charge in [0.25, 0.3) is 5.91 Å². The van der Waals surface area contributed by atoms with E-state index >= 15 is 0 Å². The maximum absolute atomic E-state index is 14.7. The highest BCUT2D eigenvalue weighted by Gasteiger charge is 2.24. The topological polar surface area (TPSA) is 50.2 Å². The molecule has 0 radical (unpaired) electrons. The van der Waals surface area contributed by atoms with E-state index in [0.29, 0.717) is 13.1 Å². The molecule has 1 aromatic heterocycles. The van der Waals surface area contributed by atoms with Crippen molar-refractivity contribution in [1.82, 2.24) is 19.8 Å². The second-order valence-corrected chi connectivity index (χ2v) is 6.86. The molecule has 1 amide bonds. The molecule has 1 unspecified atom stereocenters. The number of carbonyl (C=O) groups is 1. The van der Waals surface area contributed by atoms with Gasteiger partial charge in [0.05, 0.1) is 22.9 Å². The van der Waals surface area contributed by atoms with Gasteiger partial charge in [0.15, 0.2) is 0 Å². The lowest BCUT2D eigenvalue weighted by atomic mass is 10.0. The van der Waals surface area contributed by atoms with Gasteiger partial charge in [0.2, 0.25) is 0 Å². The van der Waals surface area contributed by atoms with Crippen LogP contribution in [0.25, 0.3) is 22.2 Å². The molecular formula is C20H22ClFN4O. The van der Waals surface area contributed by atoms with Crippen molar-refractivity contribution in [2.45, 2.75) is 13.0 Å². The standard InChI is InChI=1S/C20H21FN4O.ClH/c1-13-11-25(8-7-22-13)20(26)16-5-3-14(9-17(16)21)15-4-6-19-18(10-15)23-12-24(19)2;/h3-6,9-10,12-13,22H,7-8,11H2,1-2H3;1H. The van der Waals surface area contributed by atoms with Crippen molar-refractivity contribution in [2.75, 3.05) is 19.6 Å². The number of hydrogen-bond donors (Lipinski definition) is 1. The highest BCUT2D eigenvalue weighted by Crippen LogP contribution is 2.26. The fourth-order valence-corrected chi connectivity index (χ4v) is 3.47.